The minimum atomic E-state index is -0.612. The summed E-state index contributed by atoms with van der Waals surface area (Å²) in [5.74, 6) is -1.60. The van der Waals surface area contributed by atoms with Crippen molar-refractivity contribution in [1.82, 2.24) is 10.2 Å². The van der Waals surface area contributed by atoms with Gasteiger partial charge in [-0.15, -0.1) is 0 Å². The summed E-state index contributed by atoms with van der Waals surface area (Å²) >= 11 is 0. The molecule has 1 aromatic rings. The van der Waals surface area contributed by atoms with E-state index in [1.54, 1.807) is 6.92 Å². The lowest BCUT2D eigenvalue weighted by Gasteiger charge is -2.20. The van der Waals surface area contributed by atoms with E-state index in [0.717, 1.165) is 11.0 Å². The molecule has 0 aromatic heterocycles. The Morgan fingerprint density at radius 2 is 2.04 bits per heavy atom. The summed E-state index contributed by atoms with van der Waals surface area (Å²) in [4.78, 5) is 46.0. The predicted molar refractivity (Wildman–Crippen MR) is 79.4 cm³/mol. The van der Waals surface area contributed by atoms with Gasteiger partial charge >= 0.3 is 5.97 Å². The highest BCUT2D eigenvalue weighted by molar-refractivity contribution is 5.95. The van der Waals surface area contributed by atoms with Gasteiger partial charge in [-0.1, -0.05) is 6.07 Å². The van der Waals surface area contributed by atoms with Crippen molar-refractivity contribution in [3.8, 4) is 0 Å². The average molecular weight is 323 g/mol. The molecule has 0 aliphatic rings. The standard InChI is InChI=1S/C14H17N3O6/c1-3-23-13(19)8-16(10(2)18)9-15-14(20)11-5-4-6-12(7-11)17(21)22/h4-7H,3,8-9H2,1-2H3,(H,15,20). The van der Waals surface area contributed by atoms with Gasteiger partial charge in [0.25, 0.3) is 11.6 Å². The van der Waals surface area contributed by atoms with Crippen molar-refractivity contribution in [3.05, 3.63) is 39.9 Å². The van der Waals surface area contributed by atoms with Crippen LogP contribution in [0.4, 0.5) is 5.69 Å². The summed E-state index contributed by atoms with van der Waals surface area (Å²) in [5, 5.41) is 13.1. The van der Waals surface area contributed by atoms with Crippen molar-refractivity contribution < 1.29 is 24.0 Å². The van der Waals surface area contributed by atoms with Crippen LogP contribution in [0.25, 0.3) is 0 Å². The number of ether oxygens (including phenoxy) is 1. The molecular formula is C14H17N3O6. The number of nitrogens with zero attached hydrogens (tertiary/aromatic N) is 2. The Labute approximate surface area is 132 Å². The van der Waals surface area contributed by atoms with Gasteiger partial charge in [0, 0.05) is 24.6 Å². The topological polar surface area (TPSA) is 119 Å². The largest absolute Gasteiger partial charge is 0.465 e. The third kappa shape index (κ3) is 5.73. The Morgan fingerprint density at radius 1 is 1.35 bits per heavy atom. The number of hydrogen-bond donors (Lipinski definition) is 1. The fraction of sp³-hybridized carbons (Fsp3) is 0.357. The van der Waals surface area contributed by atoms with Crippen LogP contribution in [0.1, 0.15) is 24.2 Å². The van der Waals surface area contributed by atoms with Crippen molar-refractivity contribution in [2.45, 2.75) is 13.8 Å². The lowest BCUT2D eigenvalue weighted by atomic mass is 10.2. The SMILES string of the molecule is CCOC(=O)CN(CNC(=O)c1cccc([N+](=O)[O-])c1)C(C)=O. The normalized spacial score (nSPS) is 9.83. The molecule has 0 unspecified atom stereocenters. The zero-order valence-corrected chi connectivity index (χ0v) is 12.8. The first-order valence-corrected chi connectivity index (χ1v) is 6.79. The van der Waals surface area contributed by atoms with Crippen LogP contribution in [0.3, 0.4) is 0 Å². The van der Waals surface area contributed by atoms with Crippen molar-refractivity contribution in [2.24, 2.45) is 0 Å². The van der Waals surface area contributed by atoms with E-state index in [1.165, 1.54) is 25.1 Å². The van der Waals surface area contributed by atoms with E-state index in [2.05, 4.69) is 5.32 Å². The second kappa shape index (κ2) is 8.47. The Morgan fingerprint density at radius 3 is 2.61 bits per heavy atom. The Balaban J connectivity index is 2.68. The van der Waals surface area contributed by atoms with E-state index in [0.29, 0.717) is 0 Å². The zero-order valence-electron chi connectivity index (χ0n) is 12.8. The lowest BCUT2D eigenvalue weighted by molar-refractivity contribution is -0.384. The first kappa shape index (κ1) is 18.1. The van der Waals surface area contributed by atoms with E-state index in [-0.39, 0.29) is 31.1 Å². The van der Waals surface area contributed by atoms with E-state index in [1.807, 2.05) is 0 Å². The summed E-state index contributed by atoms with van der Waals surface area (Å²) in [6.07, 6.45) is 0. The molecule has 2 amide bonds. The summed E-state index contributed by atoms with van der Waals surface area (Å²) < 4.78 is 4.74. The van der Waals surface area contributed by atoms with Gasteiger partial charge in [0.15, 0.2) is 0 Å². The number of nitrogens with one attached hydrogen (secondary N) is 1. The highest BCUT2D eigenvalue weighted by atomic mass is 16.6. The number of amides is 2. The summed E-state index contributed by atoms with van der Waals surface area (Å²) in [6.45, 7) is 2.57. The monoisotopic (exact) mass is 323 g/mol. The van der Waals surface area contributed by atoms with Gasteiger partial charge in [-0.3, -0.25) is 24.5 Å². The molecule has 1 N–H and O–H groups in total. The molecule has 0 saturated carbocycles. The number of benzene rings is 1. The minimum Gasteiger partial charge on any atom is -0.465 e. The molecule has 0 spiro atoms. The first-order chi connectivity index (χ1) is 10.8. The summed E-state index contributed by atoms with van der Waals surface area (Å²) in [7, 11) is 0. The van der Waals surface area contributed by atoms with Crippen LogP contribution in [0.2, 0.25) is 0 Å². The van der Waals surface area contributed by atoms with Crippen molar-refractivity contribution in [3.63, 3.8) is 0 Å². The van der Waals surface area contributed by atoms with E-state index in [9.17, 15) is 24.5 Å². The van der Waals surface area contributed by atoms with Crippen LogP contribution in [0.15, 0.2) is 24.3 Å². The van der Waals surface area contributed by atoms with Gasteiger partial charge in [-0.25, -0.2) is 0 Å². The van der Waals surface area contributed by atoms with Gasteiger partial charge in [0.05, 0.1) is 18.2 Å². The molecule has 124 valence electrons. The molecular weight excluding hydrogens is 306 g/mol. The van der Waals surface area contributed by atoms with Crippen LogP contribution < -0.4 is 5.32 Å². The number of esters is 1. The number of carbonyl (C=O) groups excluding carboxylic acids is 3. The minimum absolute atomic E-state index is 0.0823. The molecule has 0 bridgehead atoms. The Bertz CT molecular complexity index is 616. The fourth-order valence-corrected chi connectivity index (χ4v) is 1.67. The molecule has 0 atom stereocenters. The highest BCUT2D eigenvalue weighted by Gasteiger charge is 2.16. The van der Waals surface area contributed by atoms with Crippen LogP contribution >= 0.6 is 0 Å². The molecule has 0 heterocycles. The fourth-order valence-electron chi connectivity index (χ4n) is 1.67. The summed E-state index contributed by atoms with van der Waals surface area (Å²) in [5.41, 5.74) is -0.133. The maximum atomic E-state index is 12.0. The molecule has 9 heteroatoms. The van der Waals surface area contributed by atoms with E-state index in [4.69, 9.17) is 4.74 Å². The molecule has 0 aliphatic heterocycles. The molecule has 1 aromatic carbocycles. The molecule has 0 fully saturated rings. The van der Waals surface area contributed by atoms with Gasteiger partial charge in [0.1, 0.15) is 6.54 Å². The number of carbonyl (C=O) groups is 3. The molecule has 1 rings (SSSR count). The highest BCUT2D eigenvalue weighted by Crippen LogP contribution is 2.12. The van der Waals surface area contributed by atoms with E-state index >= 15 is 0 Å². The second-order valence-corrected chi connectivity index (χ2v) is 4.49. The smallest absolute Gasteiger partial charge is 0.325 e. The number of rotatable bonds is 7. The van der Waals surface area contributed by atoms with Crippen LogP contribution in [0, 0.1) is 10.1 Å². The molecule has 0 aliphatic carbocycles. The first-order valence-electron chi connectivity index (χ1n) is 6.79. The second-order valence-electron chi connectivity index (χ2n) is 4.49. The van der Waals surface area contributed by atoms with Crippen LogP contribution in [-0.2, 0) is 14.3 Å². The predicted octanol–water partition coefficient (Wildman–Crippen LogP) is 0.694. The number of non-ortho nitro benzene ring substituents is 1. The van der Waals surface area contributed by atoms with Gasteiger partial charge in [-0.2, -0.15) is 0 Å². The van der Waals surface area contributed by atoms with Crippen molar-refractivity contribution in [1.29, 1.82) is 0 Å². The van der Waals surface area contributed by atoms with Gasteiger partial charge in [-0.05, 0) is 13.0 Å². The van der Waals surface area contributed by atoms with E-state index < -0.39 is 22.7 Å². The summed E-state index contributed by atoms with van der Waals surface area (Å²) in [6, 6.07) is 5.18. The lowest BCUT2D eigenvalue weighted by Crippen LogP contribution is -2.43. The molecule has 23 heavy (non-hydrogen) atoms. The Kier molecular flexibility index (Phi) is 6.66. The van der Waals surface area contributed by atoms with Crippen molar-refractivity contribution in [2.75, 3.05) is 19.8 Å². The molecule has 0 saturated heterocycles. The maximum Gasteiger partial charge on any atom is 0.325 e. The quantitative estimate of drug-likeness (QED) is 0.341. The number of hydrogen-bond acceptors (Lipinski definition) is 6. The average Bonchev–Trinajstić information content (AvgIpc) is 2.51. The van der Waals surface area contributed by atoms with Gasteiger partial charge in [0.2, 0.25) is 5.91 Å². The van der Waals surface area contributed by atoms with Crippen molar-refractivity contribution >= 4 is 23.5 Å². The van der Waals surface area contributed by atoms with Crippen LogP contribution in [-0.4, -0.2) is 47.4 Å². The van der Waals surface area contributed by atoms with Crippen LogP contribution in [0.5, 0.6) is 0 Å². The number of nitro benzene ring substituents is 1. The number of nitro groups is 1. The van der Waals surface area contributed by atoms with Gasteiger partial charge < -0.3 is 15.0 Å². The third-order valence-corrected chi connectivity index (χ3v) is 2.82. The molecule has 0 radical (unpaired) electrons. The third-order valence-electron chi connectivity index (χ3n) is 2.82. The Hall–Kier alpha value is -2.97. The zero-order chi connectivity index (χ0) is 17.4. The maximum absolute atomic E-state index is 12.0. The molecule has 9 nitrogen and oxygen atoms in total.